The Morgan fingerprint density at radius 1 is 1.53 bits per heavy atom. The van der Waals surface area contributed by atoms with E-state index in [1.165, 1.54) is 0 Å². The predicted molar refractivity (Wildman–Crippen MR) is 70.6 cm³/mol. The standard InChI is InChI=1S/C13H16BrNO2/c1-13(2,3)17-12(16)10-7-15-11-5-4-8(14)6-9(10)11/h4,6-7,11,15H,5H2,1-3H3. The molecule has 1 atom stereocenters. The number of esters is 1. The second-order valence-electron chi connectivity index (χ2n) is 5.20. The smallest absolute Gasteiger partial charge is 0.340 e. The first kappa shape index (κ1) is 12.4. The monoisotopic (exact) mass is 297 g/mol. The third-order valence-corrected chi connectivity index (χ3v) is 3.13. The average Bonchev–Trinajstić information content (AvgIpc) is 2.57. The van der Waals surface area contributed by atoms with Crippen LogP contribution in [-0.4, -0.2) is 17.6 Å². The van der Waals surface area contributed by atoms with Crippen molar-refractivity contribution in [1.29, 1.82) is 0 Å². The number of hydrogen-bond acceptors (Lipinski definition) is 3. The van der Waals surface area contributed by atoms with E-state index >= 15 is 0 Å². The molecule has 1 aliphatic heterocycles. The highest BCUT2D eigenvalue weighted by molar-refractivity contribution is 9.11. The maximum atomic E-state index is 12.0. The highest BCUT2D eigenvalue weighted by Crippen LogP contribution is 2.31. The lowest BCUT2D eigenvalue weighted by molar-refractivity contribution is -0.149. The fourth-order valence-electron chi connectivity index (χ4n) is 1.87. The van der Waals surface area contributed by atoms with E-state index in [1.807, 2.05) is 26.8 Å². The lowest BCUT2D eigenvalue weighted by Gasteiger charge is -2.21. The van der Waals surface area contributed by atoms with Crippen LogP contribution < -0.4 is 5.32 Å². The van der Waals surface area contributed by atoms with Crippen LogP contribution in [0.5, 0.6) is 0 Å². The average molecular weight is 298 g/mol. The molecule has 3 nitrogen and oxygen atoms in total. The van der Waals surface area contributed by atoms with Gasteiger partial charge in [0.1, 0.15) is 5.60 Å². The van der Waals surface area contributed by atoms with Crippen LogP contribution in [0.1, 0.15) is 27.2 Å². The number of allylic oxidation sites excluding steroid dienone is 2. The maximum absolute atomic E-state index is 12.0. The van der Waals surface area contributed by atoms with Crippen molar-refractivity contribution in [2.75, 3.05) is 0 Å². The van der Waals surface area contributed by atoms with Crippen molar-refractivity contribution >= 4 is 21.9 Å². The van der Waals surface area contributed by atoms with E-state index in [-0.39, 0.29) is 12.0 Å². The number of hydrogen-bond donors (Lipinski definition) is 1. The molecule has 1 unspecified atom stereocenters. The van der Waals surface area contributed by atoms with Crippen LogP contribution in [0.3, 0.4) is 0 Å². The number of halogens is 1. The minimum absolute atomic E-state index is 0.207. The maximum Gasteiger partial charge on any atom is 0.340 e. The van der Waals surface area contributed by atoms with Crippen molar-refractivity contribution in [2.24, 2.45) is 0 Å². The molecule has 0 aromatic carbocycles. The Balaban J connectivity index is 2.18. The third kappa shape index (κ3) is 2.80. The molecule has 4 heteroatoms. The Morgan fingerprint density at radius 3 is 2.88 bits per heavy atom. The molecule has 0 saturated heterocycles. The summed E-state index contributed by atoms with van der Waals surface area (Å²) in [6, 6.07) is 0.207. The van der Waals surface area contributed by atoms with Crippen LogP contribution in [-0.2, 0) is 9.53 Å². The molecule has 0 spiro atoms. The van der Waals surface area contributed by atoms with Gasteiger partial charge in [-0.1, -0.05) is 22.0 Å². The topological polar surface area (TPSA) is 38.3 Å². The van der Waals surface area contributed by atoms with Crippen molar-refractivity contribution < 1.29 is 9.53 Å². The molecule has 1 heterocycles. The van der Waals surface area contributed by atoms with Crippen molar-refractivity contribution in [2.45, 2.75) is 38.8 Å². The zero-order valence-electron chi connectivity index (χ0n) is 10.2. The van der Waals surface area contributed by atoms with Crippen molar-refractivity contribution in [1.82, 2.24) is 5.32 Å². The minimum Gasteiger partial charge on any atom is -0.456 e. The Hall–Kier alpha value is -1.03. The molecular weight excluding hydrogens is 282 g/mol. The SMILES string of the molecule is CC(C)(C)OC(=O)C1=CNC2CC=C(Br)C=C12. The molecule has 0 aromatic heterocycles. The molecule has 2 aliphatic rings. The van der Waals surface area contributed by atoms with Gasteiger partial charge < -0.3 is 10.1 Å². The van der Waals surface area contributed by atoms with E-state index in [2.05, 4.69) is 27.3 Å². The first-order chi connectivity index (χ1) is 7.87. The number of carbonyl (C=O) groups is 1. The molecule has 1 aliphatic carbocycles. The molecule has 0 amide bonds. The van der Waals surface area contributed by atoms with Gasteiger partial charge in [-0.05, 0) is 38.8 Å². The molecule has 92 valence electrons. The summed E-state index contributed by atoms with van der Waals surface area (Å²) in [6.07, 6.45) is 6.70. The number of rotatable bonds is 1. The van der Waals surface area contributed by atoms with Gasteiger partial charge in [-0.15, -0.1) is 0 Å². The molecule has 2 rings (SSSR count). The van der Waals surface area contributed by atoms with Crippen LogP contribution in [0.15, 0.2) is 34.0 Å². The highest BCUT2D eigenvalue weighted by atomic mass is 79.9. The fraction of sp³-hybridized carbons (Fsp3) is 0.462. The molecular formula is C13H16BrNO2. The van der Waals surface area contributed by atoms with E-state index < -0.39 is 5.60 Å². The summed E-state index contributed by atoms with van der Waals surface area (Å²) in [5, 5.41) is 3.20. The quantitative estimate of drug-likeness (QED) is 0.757. The number of ether oxygens (including phenoxy) is 1. The van der Waals surface area contributed by atoms with Crippen LogP contribution in [0.2, 0.25) is 0 Å². The van der Waals surface area contributed by atoms with E-state index in [9.17, 15) is 4.79 Å². The van der Waals surface area contributed by atoms with Gasteiger partial charge in [-0.2, -0.15) is 0 Å². The molecule has 0 saturated carbocycles. The second-order valence-corrected chi connectivity index (χ2v) is 6.12. The lowest BCUT2D eigenvalue weighted by atomic mass is 9.96. The predicted octanol–water partition coefficient (Wildman–Crippen LogP) is 2.79. The van der Waals surface area contributed by atoms with Gasteiger partial charge in [0.25, 0.3) is 0 Å². The van der Waals surface area contributed by atoms with E-state index in [0.29, 0.717) is 5.57 Å². The van der Waals surface area contributed by atoms with Crippen LogP contribution in [0.25, 0.3) is 0 Å². The number of carbonyl (C=O) groups excluding carboxylic acids is 1. The molecule has 0 radical (unpaired) electrons. The van der Waals surface area contributed by atoms with Crippen molar-refractivity contribution in [3.63, 3.8) is 0 Å². The molecule has 0 aromatic rings. The zero-order chi connectivity index (χ0) is 12.6. The Morgan fingerprint density at radius 2 is 2.24 bits per heavy atom. The van der Waals surface area contributed by atoms with Crippen molar-refractivity contribution in [3.05, 3.63) is 34.0 Å². The summed E-state index contributed by atoms with van der Waals surface area (Å²) in [7, 11) is 0. The summed E-state index contributed by atoms with van der Waals surface area (Å²) < 4.78 is 6.40. The number of nitrogens with one attached hydrogen (secondary N) is 1. The van der Waals surface area contributed by atoms with Gasteiger partial charge in [-0.3, -0.25) is 0 Å². The summed E-state index contributed by atoms with van der Waals surface area (Å²) in [5.41, 5.74) is 1.18. The first-order valence-corrected chi connectivity index (χ1v) is 6.43. The third-order valence-electron chi connectivity index (χ3n) is 2.58. The van der Waals surface area contributed by atoms with E-state index in [0.717, 1.165) is 16.5 Å². The largest absolute Gasteiger partial charge is 0.456 e. The van der Waals surface area contributed by atoms with Crippen molar-refractivity contribution in [3.8, 4) is 0 Å². The van der Waals surface area contributed by atoms with Gasteiger partial charge in [0, 0.05) is 10.7 Å². The molecule has 0 fully saturated rings. The molecule has 17 heavy (non-hydrogen) atoms. The molecule has 0 bridgehead atoms. The van der Waals surface area contributed by atoms with Crippen LogP contribution in [0, 0.1) is 0 Å². The van der Waals surface area contributed by atoms with E-state index in [1.54, 1.807) is 6.20 Å². The van der Waals surface area contributed by atoms with Gasteiger partial charge >= 0.3 is 5.97 Å². The first-order valence-electron chi connectivity index (χ1n) is 5.64. The summed E-state index contributed by atoms with van der Waals surface area (Å²) in [4.78, 5) is 12.0. The lowest BCUT2D eigenvalue weighted by Crippen LogP contribution is -2.26. The zero-order valence-corrected chi connectivity index (χ0v) is 11.8. The normalized spacial score (nSPS) is 23.1. The van der Waals surface area contributed by atoms with Gasteiger partial charge in [0.2, 0.25) is 0 Å². The summed E-state index contributed by atoms with van der Waals surface area (Å²) in [6.45, 7) is 5.61. The summed E-state index contributed by atoms with van der Waals surface area (Å²) in [5.74, 6) is -0.263. The van der Waals surface area contributed by atoms with Gasteiger partial charge in [-0.25, -0.2) is 4.79 Å². The Kier molecular flexibility index (Phi) is 3.17. The highest BCUT2D eigenvalue weighted by Gasteiger charge is 2.31. The summed E-state index contributed by atoms with van der Waals surface area (Å²) >= 11 is 3.44. The van der Waals surface area contributed by atoms with Crippen LogP contribution >= 0.6 is 15.9 Å². The van der Waals surface area contributed by atoms with E-state index in [4.69, 9.17) is 4.74 Å². The van der Waals surface area contributed by atoms with Gasteiger partial charge in [0.15, 0.2) is 0 Å². The fourth-order valence-corrected chi connectivity index (χ4v) is 2.30. The van der Waals surface area contributed by atoms with Crippen LogP contribution in [0.4, 0.5) is 0 Å². The van der Waals surface area contributed by atoms with Gasteiger partial charge in [0.05, 0.1) is 11.6 Å². The molecule has 1 N–H and O–H groups in total. The number of fused-ring (bicyclic) bond motifs is 1. The second kappa shape index (κ2) is 4.33. The Labute approximate surface area is 110 Å². The Bertz CT molecular complexity index is 441. The minimum atomic E-state index is -0.460.